The van der Waals surface area contributed by atoms with E-state index in [0.29, 0.717) is 6.61 Å². The first kappa shape index (κ1) is 15.1. The van der Waals surface area contributed by atoms with E-state index in [1.165, 1.54) is 0 Å². The van der Waals surface area contributed by atoms with E-state index in [0.717, 1.165) is 34.5 Å². The van der Waals surface area contributed by atoms with Gasteiger partial charge in [0.1, 0.15) is 11.5 Å². The van der Waals surface area contributed by atoms with Crippen LogP contribution in [0.4, 0.5) is 0 Å². The number of nitrogens with one attached hydrogen (secondary N) is 1. The molecular weight excluding hydrogens is 318 g/mol. The molecule has 0 radical (unpaired) electrons. The minimum Gasteiger partial charge on any atom is -0.494 e. The predicted molar refractivity (Wildman–Crippen MR) is 84.2 cm³/mol. The third-order valence-electron chi connectivity index (χ3n) is 3.03. The van der Waals surface area contributed by atoms with Crippen LogP contribution in [0.15, 0.2) is 45.5 Å². The molecule has 0 aliphatic heterocycles. The fraction of sp³-hybridized carbons (Fsp3) is 0.375. The highest BCUT2D eigenvalue weighted by molar-refractivity contribution is 9.10. The van der Waals surface area contributed by atoms with E-state index in [1.54, 1.807) is 6.26 Å². The molecule has 1 unspecified atom stereocenters. The Hall–Kier alpha value is -1.26. The largest absolute Gasteiger partial charge is 0.494 e. The first-order valence-electron chi connectivity index (χ1n) is 6.95. The van der Waals surface area contributed by atoms with Gasteiger partial charge < -0.3 is 14.5 Å². The highest BCUT2D eigenvalue weighted by Gasteiger charge is 2.19. The minimum absolute atomic E-state index is 0.0509. The van der Waals surface area contributed by atoms with Crippen LogP contribution in [0.3, 0.4) is 0 Å². The Morgan fingerprint density at radius 1 is 1.20 bits per heavy atom. The lowest BCUT2D eigenvalue weighted by Gasteiger charge is -2.18. The molecule has 0 saturated carbocycles. The molecule has 108 valence electrons. The quantitative estimate of drug-likeness (QED) is 0.805. The van der Waals surface area contributed by atoms with Gasteiger partial charge in [-0.1, -0.05) is 19.1 Å². The maximum atomic E-state index is 5.62. The smallest absolute Gasteiger partial charge is 0.139 e. The molecule has 1 aromatic heterocycles. The van der Waals surface area contributed by atoms with Crippen LogP contribution in [0.2, 0.25) is 0 Å². The van der Waals surface area contributed by atoms with Gasteiger partial charge in [-0.15, -0.1) is 0 Å². The second kappa shape index (κ2) is 7.50. The van der Waals surface area contributed by atoms with Gasteiger partial charge in [-0.2, -0.15) is 0 Å². The van der Waals surface area contributed by atoms with Crippen molar-refractivity contribution < 1.29 is 9.15 Å². The first-order chi connectivity index (χ1) is 9.76. The summed E-state index contributed by atoms with van der Waals surface area (Å²) in [5.74, 6) is 1.80. The van der Waals surface area contributed by atoms with Gasteiger partial charge in [0.05, 0.1) is 23.4 Å². The lowest BCUT2D eigenvalue weighted by molar-refractivity contribution is 0.340. The number of halogens is 1. The van der Waals surface area contributed by atoms with Gasteiger partial charge in [-0.3, -0.25) is 0 Å². The number of hydrogen-bond donors (Lipinski definition) is 1. The van der Waals surface area contributed by atoms with Crippen molar-refractivity contribution in [3.63, 3.8) is 0 Å². The van der Waals surface area contributed by atoms with Crippen LogP contribution in [0.5, 0.6) is 5.75 Å². The normalized spacial score (nSPS) is 12.3. The minimum atomic E-state index is 0.0509. The van der Waals surface area contributed by atoms with E-state index in [-0.39, 0.29) is 6.04 Å². The van der Waals surface area contributed by atoms with Gasteiger partial charge in [0.15, 0.2) is 0 Å². The van der Waals surface area contributed by atoms with Crippen LogP contribution in [-0.4, -0.2) is 13.2 Å². The molecule has 4 heteroatoms. The van der Waals surface area contributed by atoms with E-state index in [2.05, 4.69) is 40.3 Å². The first-order valence-corrected chi connectivity index (χ1v) is 7.74. The number of benzene rings is 1. The second-order valence-corrected chi connectivity index (χ2v) is 5.38. The summed E-state index contributed by atoms with van der Waals surface area (Å²) in [6.45, 7) is 5.75. The molecule has 1 N–H and O–H groups in total. The topological polar surface area (TPSA) is 34.4 Å². The summed E-state index contributed by atoms with van der Waals surface area (Å²) in [7, 11) is 0. The Morgan fingerprint density at radius 3 is 2.50 bits per heavy atom. The summed E-state index contributed by atoms with van der Waals surface area (Å²) in [5, 5.41) is 3.52. The molecule has 0 fully saturated rings. The molecule has 20 heavy (non-hydrogen) atoms. The van der Waals surface area contributed by atoms with E-state index >= 15 is 0 Å². The summed E-state index contributed by atoms with van der Waals surface area (Å²) in [5.41, 5.74) is 1.16. The SMILES string of the molecule is CCCNC(c1ccc(OCC)cc1)c1occc1Br. The van der Waals surface area contributed by atoms with Crippen LogP contribution < -0.4 is 10.1 Å². The predicted octanol–water partition coefficient (Wildman–Crippen LogP) is 4.53. The third kappa shape index (κ3) is 3.64. The maximum absolute atomic E-state index is 5.62. The molecule has 1 aromatic carbocycles. The molecule has 0 saturated heterocycles. The Kier molecular flexibility index (Phi) is 5.68. The molecule has 0 bridgehead atoms. The van der Waals surface area contributed by atoms with Gasteiger partial charge in [0.2, 0.25) is 0 Å². The molecule has 0 aliphatic rings. The molecule has 0 spiro atoms. The monoisotopic (exact) mass is 337 g/mol. The zero-order valence-electron chi connectivity index (χ0n) is 11.9. The molecule has 0 amide bonds. The van der Waals surface area contributed by atoms with Gasteiger partial charge in [0, 0.05) is 0 Å². The fourth-order valence-electron chi connectivity index (χ4n) is 2.09. The fourth-order valence-corrected chi connectivity index (χ4v) is 2.52. The molecule has 2 rings (SSSR count). The molecule has 0 aliphatic carbocycles. The summed E-state index contributed by atoms with van der Waals surface area (Å²) in [6.07, 6.45) is 2.78. The van der Waals surface area contributed by atoms with Crippen molar-refractivity contribution in [2.75, 3.05) is 13.2 Å². The Morgan fingerprint density at radius 2 is 1.95 bits per heavy atom. The van der Waals surface area contributed by atoms with Crippen LogP contribution >= 0.6 is 15.9 Å². The van der Waals surface area contributed by atoms with Crippen molar-refractivity contribution in [1.82, 2.24) is 5.32 Å². The number of hydrogen-bond acceptors (Lipinski definition) is 3. The molecular formula is C16H20BrNO2. The average molecular weight is 338 g/mol. The zero-order valence-corrected chi connectivity index (χ0v) is 13.4. The lowest BCUT2D eigenvalue weighted by Crippen LogP contribution is -2.23. The van der Waals surface area contributed by atoms with Crippen molar-refractivity contribution in [2.24, 2.45) is 0 Å². The zero-order chi connectivity index (χ0) is 14.4. The van der Waals surface area contributed by atoms with Gasteiger partial charge in [-0.25, -0.2) is 0 Å². The number of ether oxygens (including phenoxy) is 1. The van der Waals surface area contributed by atoms with Gasteiger partial charge in [-0.05, 0) is 59.6 Å². The van der Waals surface area contributed by atoms with Crippen molar-refractivity contribution in [3.05, 3.63) is 52.4 Å². The molecule has 2 aromatic rings. The van der Waals surface area contributed by atoms with E-state index in [1.807, 2.05) is 25.1 Å². The number of rotatable bonds is 7. The average Bonchev–Trinajstić information content (AvgIpc) is 2.88. The van der Waals surface area contributed by atoms with E-state index in [9.17, 15) is 0 Å². The van der Waals surface area contributed by atoms with E-state index in [4.69, 9.17) is 9.15 Å². The highest BCUT2D eigenvalue weighted by atomic mass is 79.9. The Balaban J connectivity index is 2.24. The van der Waals surface area contributed by atoms with Crippen molar-refractivity contribution in [3.8, 4) is 5.75 Å². The van der Waals surface area contributed by atoms with Crippen molar-refractivity contribution in [2.45, 2.75) is 26.3 Å². The summed E-state index contributed by atoms with van der Waals surface area (Å²) in [4.78, 5) is 0. The maximum Gasteiger partial charge on any atom is 0.139 e. The lowest BCUT2D eigenvalue weighted by atomic mass is 10.0. The van der Waals surface area contributed by atoms with Crippen molar-refractivity contribution >= 4 is 15.9 Å². The highest BCUT2D eigenvalue weighted by Crippen LogP contribution is 2.30. The molecule has 1 heterocycles. The van der Waals surface area contributed by atoms with Crippen LogP contribution in [0, 0.1) is 0 Å². The Labute approximate surface area is 128 Å². The second-order valence-electron chi connectivity index (χ2n) is 4.52. The van der Waals surface area contributed by atoms with Crippen LogP contribution in [0.1, 0.15) is 37.6 Å². The van der Waals surface area contributed by atoms with Gasteiger partial charge in [0.25, 0.3) is 0 Å². The third-order valence-corrected chi connectivity index (χ3v) is 3.68. The van der Waals surface area contributed by atoms with E-state index < -0.39 is 0 Å². The molecule has 1 atom stereocenters. The summed E-state index contributed by atoms with van der Waals surface area (Å²) in [6, 6.07) is 10.1. The van der Waals surface area contributed by atoms with Crippen molar-refractivity contribution in [1.29, 1.82) is 0 Å². The molecule has 3 nitrogen and oxygen atoms in total. The standard InChI is InChI=1S/C16H20BrNO2/c1-3-10-18-15(16-14(17)9-11-20-16)12-5-7-13(8-6-12)19-4-2/h5-9,11,15,18H,3-4,10H2,1-2H3. The van der Waals surface area contributed by atoms with Crippen LogP contribution in [-0.2, 0) is 0 Å². The summed E-state index contributed by atoms with van der Waals surface area (Å²) < 4.78 is 12.1. The Bertz CT molecular complexity index is 522. The summed E-state index contributed by atoms with van der Waals surface area (Å²) >= 11 is 3.54. The number of furan rings is 1. The van der Waals surface area contributed by atoms with Crippen LogP contribution in [0.25, 0.3) is 0 Å². The van der Waals surface area contributed by atoms with Gasteiger partial charge >= 0.3 is 0 Å².